The fraction of sp³-hybridized carbons (Fsp3) is 0.0667. The van der Waals surface area contributed by atoms with Gasteiger partial charge in [-0.05, 0) is 35.2 Å². The summed E-state index contributed by atoms with van der Waals surface area (Å²) in [5, 5.41) is 3.59. The molecular weight excluding hydrogens is 260 g/mol. The molecule has 0 saturated carbocycles. The summed E-state index contributed by atoms with van der Waals surface area (Å²) in [5.41, 5.74) is 4.20. The highest BCUT2D eigenvalue weighted by atomic mass is 35.5. The third kappa shape index (κ3) is 4.13. The zero-order chi connectivity index (χ0) is 12.8. The SMILES string of the molecule is C#Cc1ncccc1C=NOC.Cl.c1cc2cc-2c1. The minimum Gasteiger partial charge on any atom is -0.399 e. The predicted molar refractivity (Wildman–Crippen MR) is 79.5 cm³/mol. The van der Waals surface area contributed by atoms with Crippen molar-refractivity contribution in [2.75, 3.05) is 7.11 Å². The fourth-order valence-corrected chi connectivity index (χ4v) is 1.43. The van der Waals surface area contributed by atoms with Crippen molar-refractivity contribution >= 4 is 18.6 Å². The molecule has 0 amide bonds. The molecule has 0 unspecified atom stereocenters. The van der Waals surface area contributed by atoms with Crippen LogP contribution in [0, 0.1) is 12.3 Å². The van der Waals surface area contributed by atoms with Crippen LogP contribution >= 0.6 is 12.4 Å². The van der Waals surface area contributed by atoms with E-state index in [2.05, 4.69) is 45.2 Å². The Kier molecular flexibility index (Phi) is 5.59. The number of terminal acetylenes is 1. The Labute approximate surface area is 118 Å². The fourth-order valence-electron chi connectivity index (χ4n) is 1.43. The average molecular weight is 273 g/mol. The Morgan fingerprint density at radius 1 is 1.26 bits per heavy atom. The Morgan fingerprint density at radius 3 is 2.47 bits per heavy atom. The van der Waals surface area contributed by atoms with Gasteiger partial charge >= 0.3 is 0 Å². The van der Waals surface area contributed by atoms with Crippen molar-refractivity contribution in [1.82, 2.24) is 4.98 Å². The third-order valence-corrected chi connectivity index (χ3v) is 2.39. The van der Waals surface area contributed by atoms with E-state index in [1.54, 1.807) is 12.3 Å². The van der Waals surface area contributed by atoms with Crippen LogP contribution in [0.4, 0.5) is 0 Å². The van der Waals surface area contributed by atoms with Crippen LogP contribution in [-0.4, -0.2) is 18.3 Å². The Bertz CT molecular complexity index is 600. The molecule has 1 aromatic rings. The number of hydrogen-bond acceptors (Lipinski definition) is 3. The third-order valence-electron chi connectivity index (χ3n) is 2.39. The van der Waals surface area contributed by atoms with Gasteiger partial charge in [-0.1, -0.05) is 23.4 Å². The second-order valence-electron chi connectivity index (χ2n) is 3.58. The van der Waals surface area contributed by atoms with Crippen molar-refractivity contribution in [3.05, 3.63) is 53.9 Å². The van der Waals surface area contributed by atoms with Crippen LogP contribution in [0.3, 0.4) is 0 Å². The number of fused-ring (bicyclic) bond motifs is 1. The number of rotatable bonds is 2. The lowest BCUT2D eigenvalue weighted by molar-refractivity contribution is 0.215. The van der Waals surface area contributed by atoms with Gasteiger partial charge < -0.3 is 4.84 Å². The molecule has 1 heterocycles. The summed E-state index contributed by atoms with van der Waals surface area (Å²) in [7, 11) is 1.47. The van der Waals surface area contributed by atoms with Gasteiger partial charge in [-0.25, -0.2) is 4.98 Å². The van der Waals surface area contributed by atoms with Gasteiger partial charge in [-0.15, -0.1) is 18.8 Å². The Hall–Kier alpha value is -2.31. The molecule has 0 aliphatic heterocycles. The lowest BCUT2D eigenvalue weighted by atomic mass is 10.2. The maximum Gasteiger partial charge on any atom is 0.121 e. The van der Waals surface area contributed by atoms with Crippen LogP contribution in [-0.2, 0) is 4.84 Å². The van der Waals surface area contributed by atoms with E-state index in [9.17, 15) is 0 Å². The quantitative estimate of drug-likeness (QED) is 0.408. The van der Waals surface area contributed by atoms with Crippen molar-refractivity contribution in [1.29, 1.82) is 0 Å². The molecule has 2 aliphatic carbocycles. The van der Waals surface area contributed by atoms with E-state index in [0.717, 1.165) is 5.56 Å². The van der Waals surface area contributed by atoms with Crippen molar-refractivity contribution in [2.24, 2.45) is 5.16 Å². The monoisotopic (exact) mass is 272 g/mol. The molecule has 0 fully saturated rings. The Balaban J connectivity index is 0.000000214. The number of nitrogens with zero attached hydrogens (tertiary/aromatic N) is 2. The van der Waals surface area contributed by atoms with Crippen LogP contribution < -0.4 is 0 Å². The minimum atomic E-state index is 0. The molecule has 0 saturated heterocycles. The number of halogens is 1. The predicted octanol–water partition coefficient (Wildman–Crippen LogP) is 3.13. The first-order chi connectivity index (χ1) is 8.85. The van der Waals surface area contributed by atoms with Crippen LogP contribution in [0.15, 0.2) is 47.8 Å². The zero-order valence-electron chi connectivity index (χ0n) is 10.4. The van der Waals surface area contributed by atoms with Crippen molar-refractivity contribution in [2.45, 2.75) is 0 Å². The molecule has 0 bridgehead atoms. The Morgan fingerprint density at radius 2 is 2.00 bits per heavy atom. The van der Waals surface area contributed by atoms with E-state index in [1.807, 2.05) is 6.07 Å². The van der Waals surface area contributed by atoms with Crippen molar-refractivity contribution < 1.29 is 4.84 Å². The molecule has 3 nitrogen and oxygen atoms in total. The average Bonchev–Trinajstić information content (AvgIpc) is 3.04. The first-order valence-electron chi connectivity index (χ1n) is 5.43. The number of aromatic nitrogens is 1. The van der Waals surface area contributed by atoms with E-state index in [0.29, 0.717) is 5.69 Å². The van der Waals surface area contributed by atoms with Gasteiger partial charge in [0.25, 0.3) is 0 Å². The molecule has 0 radical (unpaired) electrons. The van der Waals surface area contributed by atoms with Crippen LogP contribution in [0.5, 0.6) is 0 Å². The van der Waals surface area contributed by atoms with Gasteiger partial charge in [-0.3, -0.25) is 0 Å². The van der Waals surface area contributed by atoms with E-state index in [1.165, 1.54) is 24.5 Å². The maximum atomic E-state index is 5.21. The number of oxime groups is 1. The van der Waals surface area contributed by atoms with E-state index in [-0.39, 0.29) is 12.4 Å². The lowest BCUT2D eigenvalue weighted by Gasteiger charge is -1.94. The molecule has 4 heteroatoms. The molecular formula is C15H13ClN2O. The van der Waals surface area contributed by atoms with Crippen LogP contribution in [0.2, 0.25) is 0 Å². The molecule has 0 atom stereocenters. The summed E-state index contributed by atoms with van der Waals surface area (Å²) in [6.45, 7) is 0. The summed E-state index contributed by atoms with van der Waals surface area (Å²) >= 11 is 0. The van der Waals surface area contributed by atoms with Gasteiger partial charge in [0.15, 0.2) is 0 Å². The molecule has 1 aromatic heterocycles. The summed E-state index contributed by atoms with van der Waals surface area (Å²) in [5.74, 6) is 2.45. The second-order valence-corrected chi connectivity index (χ2v) is 3.58. The summed E-state index contributed by atoms with van der Waals surface area (Å²) in [4.78, 5) is 8.49. The number of benzene rings is 1. The molecule has 0 aromatic carbocycles. The second kappa shape index (κ2) is 7.20. The van der Waals surface area contributed by atoms with E-state index < -0.39 is 0 Å². The molecule has 0 spiro atoms. The smallest absolute Gasteiger partial charge is 0.121 e. The van der Waals surface area contributed by atoms with Gasteiger partial charge in [-0.2, -0.15) is 0 Å². The zero-order valence-corrected chi connectivity index (χ0v) is 11.2. The standard InChI is InChI=1S/C9H8N2O.C6H4.ClH/c1-3-9-8(7-11-12-2)5-4-6-10-9;1-2-5-4-6(5)3-1;/h1,4-7H,2H3;1-4H;1H. The lowest BCUT2D eigenvalue weighted by Crippen LogP contribution is -1.90. The maximum absolute atomic E-state index is 5.21. The highest BCUT2D eigenvalue weighted by Crippen LogP contribution is 2.32. The topological polar surface area (TPSA) is 34.5 Å². The molecule has 19 heavy (non-hydrogen) atoms. The molecule has 96 valence electrons. The van der Waals surface area contributed by atoms with Gasteiger partial charge in [0.05, 0.1) is 6.21 Å². The highest BCUT2D eigenvalue weighted by Gasteiger charge is 2.06. The van der Waals surface area contributed by atoms with Crippen molar-refractivity contribution in [3.8, 4) is 23.5 Å². The minimum absolute atomic E-state index is 0. The van der Waals surface area contributed by atoms with Gasteiger partial charge in [0.1, 0.15) is 12.8 Å². The first kappa shape index (κ1) is 14.7. The molecule has 2 aliphatic rings. The highest BCUT2D eigenvalue weighted by molar-refractivity contribution is 5.85. The van der Waals surface area contributed by atoms with Crippen molar-refractivity contribution in [3.63, 3.8) is 0 Å². The van der Waals surface area contributed by atoms with Gasteiger partial charge in [0.2, 0.25) is 0 Å². The molecule has 3 rings (SSSR count). The molecule has 0 N–H and O–H groups in total. The van der Waals surface area contributed by atoms with Gasteiger partial charge in [0, 0.05) is 11.8 Å². The number of hydrogen-bond donors (Lipinski definition) is 0. The van der Waals surface area contributed by atoms with Crippen LogP contribution in [0.25, 0.3) is 11.1 Å². The summed E-state index contributed by atoms with van der Waals surface area (Å²) in [6.07, 6.45) is 8.38. The summed E-state index contributed by atoms with van der Waals surface area (Å²) < 4.78 is 0. The van der Waals surface area contributed by atoms with Crippen LogP contribution in [0.1, 0.15) is 11.3 Å². The first-order valence-corrected chi connectivity index (χ1v) is 5.43. The number of pyridine rings is 1. The summed E-state index contributed by atoms with van der Waals surface area (Å²) in [6, 6.07) is 12.1. The van der Waals surface area contributed by atoms with E-state index >= 15 is 0 Å². The normalized spacial score (nSPS) is 9.68. The van der Waals surface area contributed by atoms with E-state index in [4.69, 9.17) is 6.42 Å². The largest absolute Gasteiger partial charge is 0.399 e.